The highest BCUT2D eigenvalue weighted by Crippen LogP contribution is 2.28. The number of hydrogen-bond acceptors (Lipinski definition) is 2. The predicted molar refractivity (Wildman–Crippen MR) is 87.3 cm³/mol. The quantitative estimate of drug-likeness (QED) is 0.807. The minimum Gasteiger partial charge on any atom is -0.326 e. The Kier molecular flexibility index (Phi) is 7.05. The van der Waals surface area contributed by atoms with E-state index in [4.69, 9.17) is 5.73 Å². The van der Waals surface area contributed by atoms with Crippen LogP contribution in [0.4, 0.5) is 0 Å². The lowest BCUT2D eigenvalue weighted by Crippen LogP contribution is -2.42. The van der Waals surface area contributed by atoms with Crippen molar-refractivity contribution in [2.75, 3.05) is 7.05 Å². The largest absolute Gasteiger partial charge is 0.326 e. The summed E-state index contributed by atoms with van der Waals surface area (Å²) in [5, 5.41) is 0. The average Bonchev–Trinajstić information content (AvgIpc) is 2.39. The molecule has 19 heavy (non-hydrogen) atoms. The van der Waals surface area contributed by atoms with E-state index in [1.54, 1.807) is 0 Å². The SMILES string of the molecule is CCCC(C)N(C)C(c1cccc(Br)c1)C(N)CC. The third-order valence-corrected chi connectivity index (χ3v) is 4.40. The van der Waals surface area contributed by atoms with Gasteiger partial charge in [0.25, 0.3) is 0 Å². The first-order chi connectivity index (χ1) is 9.01. The molecule has 0 spiro atoms. The molecule has 3 heteroatoms. The lowest BCUT2D eigenvalue weighted by Gasteiger charge is -2.37. The van der Waals surface area contributed by atoms with Gasteiger partial charge in [0.2, 0.25) is 0 Å². The van der Waals surface area contributed by atoms with Crippen LogP contribution in [0.5, 0.6) is 0 Å². The van der Waals surface area contributed by atoms with Crippen molar-refractivity contribution in [2.24, 2.45) is 5.73 Å². The summed E-state index contributed by atoms with van der Waals surface area (Å²) < 4.78 is 1.12. The van der Waals surface area contributed by atoms with Crippen molar-refractivity contribution in [3.05, 3.63) is 34.3 Å². The van der Waals surface area contributed by atoms with E-state index in [1.807, 2.05) is 0 Å². The van der Waals surface area contributed by atoms with Gasteiger partial charge in [-0.2, -0.15) is 0 Å². The molecule has 2 nitrogen and oxygen atoms in total. The van der Waals surface area contributed by atoms with Gasteiger partial charge in [0.05, 0.1) is 0 Å². The third kappa shape index (κ3) is 4.59. The van der Waals surface area contributed by atoms with Crippen LogP contribution >= 0.6 is 15.9 Å². The lowest BCUT2D eigenvalue weighted by atomic mass is 9.95. The molecule has 0 heterocycles. The number of halogens is 1. The number of benzene rings is 1. The van der Waals surface area contributed by atoms with E-state index in [0.717, 1.165) is 10.9 Å². The lowest BCUT2D eigenvalue weighted by molar-refractivity contribution is 0.151. The summed E-state index contributed by atoms with van der Waals surface area (Å²) in [5.74, 6) is 0. The van der Waals surface area contributed by atoms with Crippen LogP contribution in [0, 0.1) is 0 Å². The van der Waals surface area contributed by atoms with Crippen LogP contribution in [0.3, 0.4) is 0 Å². The smallest absolute Gasteiger partial charge is 0.0499 e. The van der Waals surface area contributed by atoms with E-state index in [9.17, 15) is 0 Å². The van der Waals surface area contributed by atoms with E-state index >= 15 is 0 Å². The topological polar surface area (TPSA) is 29.3 Å². The van der Waals surface area contributed by atoms with Crippen LogP contribution in [0.15, 0.2) is 28.7 Å². The molecule has 0 aromatic heterocycles. The second kappa shape index (κ2) is 8.03. The van der Waals surface area contributed by atoms with Gasteiger partial charge in [-0.25, -0.2) is 0 Å². The molecule has 0 aliphatic heterocycles. The highest BCUT2D eigenvalue weighted by Gasteiger charge is 2.26. The third-order valence-electron chi connectivity index (χ3n) is 3.91. The van der Waals surface area contributed by atoms with Gasteiger partial charge in [0.15, 0.2) is 0 Å². The summed E-state index contributed by atoms with van der Waals surface area (Å²) >= 11 is 3.56. The van der Waals surface area contributed by atoms with Crippen LogP contribution in [0.25, 0.3) is 0 Å². The van der Waals surface area contributed by atoms with Crippen molar-refractivity contribution >= 4 is 15.9 Å². The molecule has 3 atom stereocenters. The van der Waals surface area contributed by atoms with Gasteiger partial charge in [0, 0.05) is 22.6 Å². The van der Waals surface area contributed by atoms with Crippen molar-refractivity contribution in [3.63, 3.8) is 0 Å². The Labute approximate surface area is 126 Å². The van der Waals surface area contributed by atoms with Crippen LogP contribution in [0.1, 0.15) is 51.6 Å². The van der Waals surface area contributed by atoms with E-state index < -0.39 is 0 Å². The fourth-order valence-electron chi connectivity index (χ4n) is 2.59. The molecule has 0 saturated carbocycles. The molecule has 2 N–H and O–H groups in total. The van der Waals surface area contributed by atoms with Gasteiger partial charge in [-0.05, 0) is 44.5 Å². The highest BCUT2D eigenvalue weighted by molar-refractivity contribution is 9.10. The molecule has 0 amide bonds. The predicted octanol–water partition coefficient (Wildman–Crippen LogP) is 4.35. The molecule has 0 radical (unpaired) electrons. The Morgan fingerprint density at radius 1 is 1.32 bits per heavy atom. The van der Waals surface area contributed by atoms with Crippen LogP contribution in [-0.4, -0.2) is 24.0 Å². The summed E-state index contributed by atoms with van der Waals surface area (Å²) in [4.78, 5) is 2.43. The Morgan fingerprint density at radius 2 is 2.00 bits per heavy atom. The highest BCUT2D eigenvalue weighted by atomic mass is 79.9. The number of hydrogen-bond donors (Lipinski definition) is 1. The molecular formula is C16H27BrN2. The molecule has 1 rings (SSSR count). The van der Waals surface area contributed by atoms with Gasteiger partial charge in [0.1, 0.15) is 0 Å². The maximum absolute atomic E-state index is 6.38. The number of nitrogens with zero attached hydrogens (tertiary/aromatic N) is 1. The summed E-state index contributed by atoms with van der Waals surface area (Å²) in [6, 6.07) is 9.52. The zero-order valence-corrected chi connectivity index (χ0v) is 14.2. The molecule has 1 aromatic rings. The van der Waals surface area contributed by atoms with Crippen molar-refractivity contribution in [1.82, 2.24) is 4.90 Å². The zero-order chi connectivity index (χ0) is 14.4. The Balaban J connectivity index is 3.01. The maximum Gasteiger partial charge on any atom is 0.0499 e. The summed E-state index contributed by atoms with van der Waals surface area (Å²) in [7, 11) is 2.20. The Hall–Kier alpha value is -0.380. The van der Waals surface area contributed by atoms with Gasteiger partial charge >= 0.3 is 0 Å². The van der Waals surface area contributed by atoms with Gasteiger partial charge in [-0.15, -0.1) is 0 Å². The van der Waals surface area contributed by atoms with E-state index in [1.165, 1.54) is 18.4 Å². The number of nitrogens with two attached hydrogens (primary N) is 1. The number of likely N-dealkylation sites (N-methyl/N-ethyl adjacent to an activating group) is 1. The molecule has 0 aliphatic carbocycles. The molecule has 0 aliphatic rings. The molecule has 3 unspecified atom stereocenters. The second-order valence-electron chi connectivity index (χ2n) is 5.38. The summed E-state index contributed by atoms with van der Waals surface area (Å²) in [5.41, 5.74) is 7.68. The molecular weight excluding hydrogens is 300 g/mol. The minimum atomic E-state index is 0.165. The van der Waals surface area contributed by atoms with Crippen molar-refractivity contribution in [2.45, 2.75) is 58.2 Å². The van der Waals surface area contributed by atoms with Gasteiger partial charge in [-0.3, -0.25) is 4.90 Å². The van der Waals surface area contributed by atoms with Gasteiger partial charge < -0.3 is 5.73 Å². The first-order valence-electron chi connectivity index (χ1n) is 7.24. The summed E-state index contributed by atoms with van der Waals surface area (Å²) in [6.45, 7) is 6.68. The monoisotopic (exact) mass is 326 g/mol. The first-order valence-corrected chi connectivity index (χ1v) is 8.03. The van der Waals surface area contributed by atoms with Crippen LogP contribution < -0.4 is 5.73 Å². The molecule has 1 aromatic carbocycles. The van der Waals surface area contributed by atoms with Crippen molar-refractivity contribution in [1.29, 1.82) is 0 Å². The van der Waals surface area contributed by atoms with Crippen LogP contribution in [0.2, 0.25) is 0 Å². The molecule has 0 saturated heterocycles. The Morgan fingerprint density at radius 3 is 2.53 bits per heavy atom. The molecule has 108 valence electrons. The van der Waals surface area contributed by atoms with E-state index in [0.29, 0.717) is 6.04 Å². The fraction of sp³-hybridized carbons (Fsp3) is 0.625. The standard InChI is InChI=1S/C16H27BrN2/c1-5-8-12(3)19(4)16(15(18)6-2)13-9-7-10-14(17)11-13/h7,9-12,15-16H,5-6,8,18H2,1-4H3. The van der Waals surface area contributed by atoms with Crippen molar-refractivity contribution in [3.8, 4) is 0 Å². The minimum absolute atomic E-state index is 0.165. The van der Waals surface area contributed by atoms with Crippen molar-refractivity contribution < 1.29 is 0 Å². The fourth-order valence-corrected chi connectivity index (χ4v) is 3.01. The van der Waals surface area contributed by atoms with E-state index in [2.05, 4.69) is 72.9 Å². The van der Waals surface area contributed by atoms with E-state index in [-0.39, 0.29) is 12.1 Å². The van der Waals surface area contributed by atoms with Crippen LogP contribution in [-0.2, 0) is 0 Å². The molecule has 0 fully saturated rings. The van der Waals surface area contributed by atoms with Gasteiger partial charge in [-0.1, -0.05) is 48.3 Å². The average molecular weight is 327 g/mol. The maximum atomic E-state index is 6.38. The zero-order valence-electron chi connectivity index (χ0n) is 12.6. The first kappa shape index (κ1) is 16.7. The molecule has 0 bridgehead atoms. The normalized spacial score (nSPS) is 16.4. The second-order valence-corrected chi connectivity index (χ2v) is 6.29. The Bertz CT molecular complexity index is 381. The number of rotatable bonds is 7. The summed E-state index contributed by atoms with van der Waals surface area (Å²) in [6.07, 6.45) is 3.40.